The number of carbonyl (C=O) groups excluding carboxylic acids is 1. The number of halogens is 1. The largest absolute Gasteiger partial charge is 0.350 e. The maximum absolute atomic E-state index is 11.5. The molecule has 1 amide bonds. The summed E-state index contributed by atoms with van der Waals surface area (Å²) in [6.07, 6.45) is 0. The minimum atomic E-state index is -0.165. The summed E-state index contributed by atoms with van der Waals surface area (Å²) in [5.41, 5.74) is -0.165. The Morgan fingerprint density at radius 1 is 1.47 bits per heavy atom. The van der Waals surface area contributed by atoms with Crippen LogP contribution in [0.15, 0.2) is 10.5 Å². The first-order valence-electron chi connectivity index (χ1n) is 5.54. The maximum atomic E-state index is 11.5. The van der Waals surface area contributed by atoms with Crippen molar-refractivity contribution in [1.29, 1.82) is 0 Å². The smallest absolute Gasteiger partial charge is 0.234 e. The van der Waals surface area contributed by atoms with Crippen molar-refractivity contribution in [1.82, 2.24) is 10.6 Å². The molecule has 1 aromatic heterocycles. The van der Waals surface area contributed by atoms with Gasteiger partial charge >= 0.3 is 0 Å². The average molecular weight is 319 g/mol. The van der Waals surface area contributed by atoms with Crippen LogP contribution < -0.4 is 10.6 Å². The zero-order valence-electron chi connectivity index (χ0n) is 10.7. The van der Waals surface area contributed by atoms with E-state index in [-0.39, 0.29) is 11.4 Å². The topological polar surface area (TPSA) is 41.1 Å². The normalized spacial score (nSPS) is 11.6. The highest BCUT2D eigenvalue weighted by Gasteiger charge is 2.13. The molecule has 0 aliphatic carbocycles. The Balaban J connectivity index is 2.31. The monoisotopic (exact) mass is 318 g/mol. The van der Waals surface area contributed by atoms with Crippen molar-refractivity contribution in [2.45, 2.75) is 39.8 Å². The van der Waals surface area contributed by atoms with Gasteiger partial charge in [-0.1, -0.05) is 0 Å². The number of thiophene rings is 1. The highest BCUT2D eigenvalue weighted by Crippen LogP contribution is 2.25. The van der Waals surface area contributed by atoms with E-state index in [0.717, 1.165) is 11.0 Å². The quantitative estimate of drug-likeness (QED) is 0.896. The van der Waals surface area contributed by atoms with E-state index in [1.54, 1.807) is 11.3 Å². The fraction of sp³-hybridized carbons (Fsp3) is 0.583. The van der Waals surface area contributed by atoms with Crippen molar-refractivity contribution < 1.29 is 4.79 Å². The SMILES string of the molecule is Cc1sc(CNCC(=O)NC(C)(C)C)cc1Br. The first-order chi connectivity index (χ1) is 7.78. The molecule has 0 aromatic carbocycles. The zero-order chi connectivity index (χ0) is 13.1. The van der Waals surface area contributed by atoms with Crippen LogP contribution in [0.4, 0.5) is 0 Å². The molecule has 0 radical (unpaired) electrons. The maximum Gasteiger partial charge on any atom is 0.234 e. The summed E-state index contributed by atoms with van der Waals surface area (Å²) < 4.78 is 1.14. The third kappa shape index (κ3) is 5.66. The van der Waals surface area contributed by atoms with E-state index >= 15 is 0 Å². The molecule has 5 heteroatoms. The molecule has 2 N–H and O–H groups in total. The summed E-state index contributed by atoms with van der Waals surface area (Å²) in [4.78, 5) is 14.0. The van der Waals surface area contributed by atoms with Crippen molar-refractivity contribution in [3.63, 3.8) is 0 Å². The van der Waals surface area contributed by atoms with Gasteiger partial charge in [0.15, 0.2) is 0 Å². The van der Waals surface area contributed by atoms with Crippen LogP contribution in [0, 0.1) is 6.92 Å². The van der Waals surface area contributed by atoms with Gasteiger partial charge in [0.1, 0.15) is 0 Å². The van der Waals surface area contributed by atoms with Crippen LogP contribution in [-0.4, -0.2) is 18.0 Å². The molecule has 17 heavy (non-hydrogen) atoms. The van der Waals surface area contributed by atoms with Crippen molar-refractivity contribution in [3.8, 4) is 0 Å². The second kappa shape index (κ2) is 5.98. The number of aryl methyl sites for hydroxylation is 1. The Labute approximate surface area is 115 Å². The zero-order valence-corrected chi connectivity index (χ0v) is 13.1. The Morgan fingerprint density at radius 2 is 2.12 bits per heavy atom. The molecule has 96 valence electrons. The van der Waals surface area contributed by atoms with Crippen LogP contribution in [-0.2, 0) is 11.3 Å². The summed E-state index contributed by atoms with van der Waals surface area (Å²) >= 11 is 5.22. The predicted molar refractivity (Wildman–Crippen MR) is 76.4 cm³/mol. The summed E-state index contributed by atoms with van der Waals surface area (Å²) in [6.45, 7) is 9.09. The van der Waals surface area contributed by atoms with E-state index in [1.807, 2.05) is 20.8 Å². The molecular formula is C12H19BrN2OS. The summed E-state index contributed by atoms with van der Waals surface area (Å²) in [5, 5.41) is 6.06. The first-order valence-corrected chi connectivity index (χ1v) is 7.15. The fourth-order valence-electron chi connectivity index (χ4n) is 1.37. The van der Waals surface area contributed by atoms with E-state index in [9.17, 15) is 4.79 Å². The van der Waals surface area contributed by atoms with Crippen molar-refractivity contribution in [3.05, 3.63) is 20.3 Å². The van der Waals surface area contributed by atoms with Gasteiger partial charge in [0.05, 0.1) is 6.54 Å². The second-order valence-corrected chi connectivity index (χ2v) is 7.21. The van der Waals surface area contributed by atoms with Crippen LogP contribution in [0.25, 0.3) is 0 Å². The van der Waals surface area contributed by atoms with Gasteiger partial charge in [-0.25, -0.2) is 0 Å². The Bertz CT molecular complexity index is 376. The molecule has 0 saturated heterocycles. The van der Waals surface area contributed by atoms with E-state index in [1.165, 1.54) is 9.75 Å². The number of amides is 1. The van der Waals surface area contributed by atoms with Crippen LogP contribution in [0.2, 0.25) is 0 Å². The lowest BCUT2D eigenvalue weighted by Gasteiger charge is -2.20. The van der Waals surface area contributed by atoms with E-state index in [2.05, 4.69) is 39.6 Å². The van der Waals surface area contributed by atoms with Gasteiger partial charge in [-0.2, -0.15) is 0 Å². The molecule has 0 bridgehead atoms. The molecule has 0 fully saturated rings. The summed E-state index contributed by atoms with van der Waals surface area (Å²) in [7, 11) is 0. The number of rotatable bonds is 4. The molecule has 0 atom stereocenters. The minimum Gasteiger partial charge on any atom is -0.350 e. The minimum absolute atomic E-state index is 0.0323. The molecule has 0 unspecified atom stereocenters. The van der Waals surface area contributed by atoms with Crippen molar-refractivity contribution in [2.75, 3.05) is 6.54 Å². The highest BCUT2D eigenvalue weighted by atomic mass is 79.9. The van der Waals surface area contributed by atoms with Gasteiger partial charge in [-0.15, -0.1) is 11.3 Å². The van der Waals surface area contributed by atoms with Crippen LogP contribution in [0.5, 0.6) is 0 Å². The van der Waals surface area contributed by atoms with Gasteiger partial charge in [-0.05, 0) is 49.7 Å². The number of hydrogen-bond donors (Lipinski definition) is 2. The lowest BCUT2D eigenvalue weighted by molar-refractivity contribution is -0.121. The molecule has 1 heterocycles. The van der Waals surface area contributed by atoms with Crippen molar-refractivity contribution in [2.24, 2.45) is 0 Å². The van der Waals surface area contributed by atoms with Gasteiger partial charge in [0.2, 0.25) is 5.91 Å². The van der Waals surface area contributed by atoms with Crippen LogP contribution in [0.3, 0.4) is 0 Å². The summed E-state index contributed by atoms with van der Waals surface area (Å²) in [5.74, 6) is 0.0323. The predicted octanol–water partition coefficient (Wildman–Crippen LogP) is 2.82. The molecule has 1 rings (SSSR count). The molecule has 0 saturated carbocycles. The van der Waals surface area contributed by atoms with E-state index in [0.29, 0.717) is 6.54 Å². The molecular weight excluding hydrogens is 300 g/mol. The molecule has 0 aliphatic rings. The van der Waals surface area contributed by atoms with Crippen LogP contribution in [0.1, 0.15) is 30.5 Å². The average Bonchev–Trinajstić information content (AvgIpc) is 2.43. The lowest BCUT2D eigenvalue weighted by atomic mass is 10.1. The third-order valence-electron chi connectivity index (χ3n) is 2.01. The van der Waals surface area contributed by atoms with E-state index in [4.69, 9.17) is 0 Å². The van der Waals surface area contributed by atoms with Gasteiger partial charge in [0.25, 0.3) is 0 Å². The lowest BCUT2D eigenvalue weighted by Crippen LogP contribution is -2.44. The molecule has 3 nitrogen and oxygen atoms in total. The van der Waals surface area contributed by atoms with E-state index < -0.39 is 0 Å². The number of carbonyl (C=O) groups is 1. The van der Waals surface area contributed by atoms with Crippen LogP contribution >= 0.6 is 27.3 Å². The Hall–Kier alpha value is -0.390. The molecule has 1 aromatic rings. The number of hydrogen-bond acceptors (Lipinski definition) is 3. The molecule has 0 aliphatic heterocycles. The first kappa shape index (κ1) is 14.7. The Morgan fingerprint density at radius 3 is 2.59 bits per heavy atom. The van der Waals surface area contributed by atoms with Gasteiger partial charge < -0.3 is 10.6 Å². The third-order valence-corrected chi connectivity index (χ3v) is 4.14. The van der Waals surface area contributed by atoms with Gasteiger partial charge in [-0.3, -0.25) is 4.79 Å². The molecule has 0 spiro atoms. The standard InChI is InChI=1S/C12H19BrN2OS/c1-8-10(13)5-9(17-8)6-14-7-11(16)15-12(2,3)4/h5,14H,6-7H2,1-4H3,(H,15,16). The second-order valence-electron chi connectivity index (χ2n) is 5.02. The van der Waals surface area contributed by atoms with Crippen molar-refractivity contribution >= 4 is 33.2 Å². The number of nitrogens with one attached hydrogen (secondary N) is 2. The highest BCUT2D eigenvalue weighted by molar-refractivity contribution is 9.10. The van der Waals surface area contributed by atoms with Gasteiger partial charge in [0, 0.05) is 26.3 Å². The Kier molecular flexibility index (Phi) is 5.16. The summed E-state index contributed by atoms with van der Waals surface area (Å²) in [6, 6.07) is 2.09. The fourth-order valence-corrected chi connectivity index (χ4v) is 2.94.